The van der Waals surface area contributed by atoms with Gasteiger partial charge in [0.15, 0.2) is 13.4 Å². The van der Waals surface area contributed by atoms with E-state index in [1.807, 2.05) is 134 Å². The number of benzene rings is 5. The van der Waals surface area contributed by atoms with E-state index in [0.717, 1.165) is 27.3 Å². The second-order valence-electron chi connectivity index (χ2n) is 10.8. The van der Waals surface area contributed by atoms with Crippen LogP contribution in [0.4, 0.5) is 0 Å². The van der Waals surface area contributed by atoms with E-state index in [4.69, 9.17) is 14.2 Å². The van der Waals surface area contributed by atoms with Gasteiger partial charge in [-0.2, -0.15) is 0 Å². The molecule has 0 radical (unpaired) electrons. The molecular formula is C39H37O4P. The zero-order valence-electron chi connectivity index (χ0n) is 24.8. The second kappa shape index (κ2) is 13.7. The quantitative estimate of drug-likeness (QED) is 0.0886. The second-order valence-corrected chi connectivity index (χ2v) is 13.7. The van der Waals surface area contributed by atoms with Gasteiger partial charge < -0.3 is 18.8 Å². The average Bonchev–Trinajstić information content (AvgIpc) is 3.11. The monoisotopic (exact) mass is 600 g/mol. The Bertz CT molecular complexity index is 1540. The van der Waals surface area contributed by atoms with E-state index in [1.165, 1.54) is 0 Å². The first kappa shape index (κ1) is 30.0. The first-order valence-corrected chi connectivity index (χ1v) is 16.9. The fourth-order valence-electron chi connectivity index (χ4n) is 6.15. The van der Waals surface area contributed by atoms with E-state index < -0.39 is 30.8 Å². The minimum absolute atomic E-state index is 0.168. The molecule has 5 aromatic rings. The summed E-state index contributed by atoms with van der Waals surface area (Å²) in [5.41, 5.74) is 1.57. The van der Waals surface area contributed by atoms with Crippen molar-refractivity contribution in [3.05, 3.63) is 181 Å². The highest BCUT2D eigenvalue weighted by Crippen LogP contribution is 2.53. The molecule has 0 bridgehead atoms. The van der Waals surface area contributed by atoms with Gasteiger partial charge in [0.2, 0.25) is 0 Å². The molecule has 1 heterocycles. The van der Waals surface area contributed by atoms with Crippen LogP contribution in [0.25, 0.3) is 0 Å². The Labute approximate surface area is 260 Å². The normalized spacial score (nSPS) is 18.6. The van der Waals surface area contributed by atoms with Crippen LogP contribution in [0.1, 0.15) is 23.6 Å². The van der Waals surface area contributed by atoms with E-state index in [0.29, 0.717) is 6.61 Å². The molecule has 0 spiro atoms. The Hall–Kier alpha value is -4.05. The highest BCUT2D eigenvalue weighted by Gasteiger charge is 2.45. The molecule has 0 fully saturated rings. The van der Waals surface area contributed by atoms with Gasteiger partial charge in [-0.25, -0.2) is 0 Å². The molecule has 0 saturated heterocycles. The zero-order chi connectivity index (χ0) is 30.2. The van der Waals surface area contributed by atoms with Crippen molar-refractivity contribution in [1.82, 2.24) is 0 Å². The van der Waals surface area contributed by atoms with Crippen LogP contribution in [0, 0.1) is 0 Å². The fourth-order valence-corrected chi connectivity index (χ4v) is 9.33. The molecule has 5 aromatic carbocycles. The van der Waals surface area contributed by atoms with Crippen molar-refractivity contribution in [2.75, 3.05) is 13.2 Å². The topological polar surface area (TPSA) is 44.8 Å². The summed E-state index contributed by atoms with van der Waals surface area (Å²) < 4.78 is 35.3. The highest BCUT2D eigenvalue weighted by atomic mass is 31.2. The number of hydrogen-bond acceptors (Lipinski definition) is 4. The van der Waals surface area contributed by atoms with Gasteiger partial charge in [-0.15, -0.1) is 0 Å². The fraction of sp³-hybridized carbons (Fsp3) is 0.179. The van der Waals surface area contributed by atoms with Crippen molar-refractivity contribution < 1.29 is 18.8 Å². The van der Waals surface area contributed by atoms with Gasteiger partial charge >= 0.3 is 0 Å². The van der Waals surface area contributed by atoms with E-state index in [2.05, 4.69) is 36.4 Å². The molecule has 3 atom stereocenters. The van der Waals surface area contributed by atoms with Crippen molar-refractivity contribution in [3.8, 4) is 0 Å². The Morgan fingerprint density at radius 1 is 0.614 bits per heavy atom. The van der Waals surface area contributed by atoms with Gasteiger partial charge in [0.05, 0.1) is 18.4 Å². The summed E-state index contributed by atoms with van der Waals surface area (Å²) in [4.78, 5) is 0. The van der Waals surface area contributed by atoms with Gasteiger partial charge in [0.1, 0.15) is 5.60 Å². The van der Waals surface area contributed by atoms with E-state index in [1.54, 1.807) is 0 Å². The van der Waals surface area contributed by atoms with Gasteiger partial charge in [0.25, 0.3) is 0 Å². The Morgan fingerprint density at radius 2 is 1.02 bits per heavy atom. The Kier molecular flexibility index (Phi) is 9.35. The molecule has 222 valence electrons. The van der Waals surface area contributed by atoms with Crippen LogP contribution in [0.3, 0.4) is 0 Å². The smallest absolute Gasteiger partial charge is 0.177 e. The SMILES string of the molecule is CCO[C@@H]1C=C[C@@H](P(=O)(c2ccccc2)c2ccccc2)[C@@H](COC(c2ccccc2)(c2ccccc2)c2ccccc2)O1. The number of hydrogen-bond donors (Lipinski definition) is 0. The first-order valence-electron chi connectivity index (χ1n) is 15.1. The van der Waals surface area contributed by atoms with Gasteiger partial charge in [-0.3, -0.25) is 0 Å². The summed E-state index contributed by atoms with van der Waals surface area (Å²) in [6.07, 6.45) is 2.78. The molecule has 1 aliphatic heterocycles. The zero-order valence-corrected chi connectivity index (χ0v) is 25.7. The molecule has 0 amide bonds. The van der Waals surface area contributed by atoms with Crippen molar-refractivity contribution >= 4 is 17.8 Å². The molecular weight excluding hydrogens is 563 g/mol. The van der Waals surface area contributed by atoms with Crippen LogP contribution < -0.4 is 10.6 Å². The van der Waals surface area contributed by atoms with E-state index in [9.17, 15) is 0 Å². The summed E-state index contributed by atoms with van der Waals surface area (Å²) >= 11 is 0. The predicted molar refractivity (Wildman–Crippen MR) is 178 cm³/mol. The van der Waals surface area contributed by atoms with Crippen LogP contribution in [0.2, 0.25) is 0 Å². The van der Waals surface area contributed by atoms with Crippen LogP contribution in [-0.4, -0.2) is 31.3 Å². The first-order chi connectivity index (χ1) is 21.7. The lowest BCUT2D eigenvalue weighted by atomic mass is 9.80. The molecule has 0 saturated carbocycles. The van der Waals surface area contributed by atoms with Crippen molar-refractivity contribution in [3.63, 3.8) is 0 Å². The predicted octanol–water partition coefficient (Wildman–Crippen LogP) is 7.70. The maximum atomic E-state index is 15.6. The summed E-state index contributed by atoms with van der Waals surface area (Å²) in [5.74, 6) is 0. The highest BCUT2D eigenvalue weighted by molar-refractivity contribution is 7.79. The van der Waals surface area contributed by atoms with Crippen LogP contribution >= 0.6 is 7.14 Å². The molecule has 0 N–H and O–H groups in total. The van der Waals surface area contributed by atoms with E-state index in [-0.39, 0.29) is 6.61 Å². The Morgan fingerprint density at radius 3 is 1.43 bits per heavy atom. The maximum absolute atomic E-state index is 15.6. The summed E-state index contributed by atoms with van der Waals surface area (Å²) in [7, 11) is -3.25. The Balaban J connectivity index is 1.48. The summed E-state index contributed by atoms with van der Waals surface area (Å²) in [5, 5.41) is 1.56. The van der Waals surface area contributed by atoms with Crippen molar-refractivity contribution in [2.45, 2.75) is 30.6 Å². The maximum Gasteiger partial charge on any atom is 0.177 e. The molecule has 5 heteroatoms. The average molecular weight is 601 g/mol. The molecule has 4 nitrogen and oxygen atoms in total. The van der Waals surface area contributed by atoms with E-state index >= 15 is 4.57 Å². The molecule has 1 aliphatic rings. The summed E-state index contributed by atoms with van der Waals surface area (Å²) in [6, 6.07) is 50.3. The lowest BCUT2D eigenvalue weighted by Crippen LogP contribution is -2.45. The van der Waals surface area contributed by atoms with Gasteiger partial charge in [0, 0.05) is 17.2 Å². The molecule has 0 aromatic heterocycles. The third-order valence-corrected chi connectivity index (χ3v) is 11.7. The number of rotatable bonds is 11. The van der Waals surface area contributed by atoms with Crippen molar-refractivity contribution in [2.24, 2.45) is 0 Å². The minimum Gasteiger partial charge on any atom is -0.358 e. The lowest BCUT2D eigenvalue weighted by molar-refractivity contribution is -0.167. The molecule has 0 unspecified atom stereocenters. The standard InChI is InChI=1S/C39H37O4P/c1-2-41-38-29-28-37(44(40,34-24-14-6-15-25-34)35-26-16-7-17-27-35)36(43-38)30-42-39(31-18-8-3-9-19-31,32-20-10-4-11-21-32)33-22-12-5-13-23-33/h3-29,36-38H,2,30H2,1H3/t36-,37-,38+/m1/s1. The van der Waals surface area contributed by atoms with Gasteiger partial charge in [-0.1, -0.05) is 158 Å². The van der Waals surface area contributed by atoms with Crippen LogP contribution in [-0.2, 0) is 24.4 Å². The van der Waals surface area contributed by atoms with Crippen molar-refractivity contribution in [1.29, 1.82) is 0 Å². The molecule has 6 rings (SSSR count). The third kappa shape index (κ3) is 5.87. The number of ether oxygens (including phenoxy) is 3. The molecule has 0 aliphatic carbocycles. The van der Waals surface area contributed by atoms with Crippen LogP contribution in [0.15, 0.2) is 164 Å². The summed E-state index contributed by atoms with van der Waals surface area (Å²) in [6.45, 7) is 2.60. The third-order valence-electron chi connectivity index (χ3n) is 8.19. The lowest BCUT2D eigenvalue weighted by Gasteiger charge is -2.41. The van der Waals surface area contributed by atoms with Crippen LogP contribution in [0.5, 0.6) is 0 Å². The largest absolute Gasteiger partial charge is 0.358 e. The molecule has 44 heavy (non-hydrogen) atoms. The van der Waals surface area contributed by atoms with Gasteiger partial charge in [-0.05, 0) is 29.7 Å². The minimum atomic E-state index is -3.25.